The predicted molar refractivity (Wildman–Crippen MR) is 99.0 cm³/mol. The zero-order valence-corrected chi connectivity index (χ0v) is 14.5. The third-order valence-corrected chi connectivity index (χ3v) is 5.53. The molecule has 120 valence electrons. The largest absolute Gasteiger partial charge is 0.510 e. The van der Waals surface area contributed by atoms with Crippen molar-refractivity contribution < 1.29 is 5.11 Å². The molecule has 0 fully saturated rings. The summed E-state index contributed by atoms with van der Waals surface area (Å²) in [6.07, 6.45) is 1.78. The van der Waals surface area contributed by atoms with Crippen LogP contribution < -0.4 is 4.90 Å². The first-order valence-corrected chi connectivity index (χ1v) is 9.05. The smallest absolute Gasteiger partial charge is 0.191 e. The molecule has 4 rings (SSSR count). The number of nitrogens with one attached hydrogen (secondary N) is 1. The molecule has 3 heterocycles. The van der Waals surface area contributed by atoms with Gasteiger partial charge in [-0.3, -0.25) is 10.3 Å². The molecule has 0 atom stereocenters. The van der Waals surface area contributed by atoms with Crippen LogP contribution in [0.5, 0.6) is 0 Å². The van der Waals surface area contributed by atoms with Gasteiger partial charge in [0.25, 0.3) is 0 Å². The molecule has 5 nitrogen and oxygen atoms in total. The summed E-state index contributed by atoms with van der Waals surface area (Å²) in [7, 11) is 0. The average molecular weight is 354 g/mol. The lowest BCUT2D eigenvalue weighted by Crippen LogP contribution is -2.25. The molecule has 7 heteroatoms. The maximum Gasteiger partial charge on any atom is 0.191 e. The number of anilines is 1. The number of thiazole rings is 2. The van der Waals surface area contributed by atoms with Gasteiger partial charge in [0, 0.05) is 22.0 Å². The highest BCUT2D eigenvalue weighted by Gasteiger charge is 2.32. The first-order chi connectivity index (χ1) is 11.6. The highest BCUT2D eigenvalue weighted by atomic mass is 32.1. The van der Waals surface area contributed by atoms with Crippen molar-refractivity contribution in [2.24, 2.45) is 0 Å². The first-order valence-electron chi connectivity index (χ1n) is 7.36. The number of aliphatic hydroxyl groups is 1. The second-order valence-corrected chi connectivity index (χ2v) is 7.49. The number of aliphatic hydroxyl groups excluding tert-OH is 1. The SMILES string of the molecule is Cc1cnc(N2CC(O)=C(c3nc(-c4ccccc4)cs3)C2=N)s1. The lowest BCUT2D eigenvalue weighted by atomic mass is 10.2. The molecular formula is C17H14N4OS2. The molecule has 0 radical (unpaired) electrons. The summed E-state index contributed by atoms with van der Waals surface area (Å²) < 4.78 is 0. The highest BCUT2D eigenvalue weighted by molar-refractivity contribution is 7.15. The fraction of sp³-hybridized carbons (Fsp3) is 0.118. The zero-order valence-electron chi connectivity index (χ0n) is 12.9. The second-order valence-electron chi connectivity index (χ2n) is 5.41. The molecule has 0 aliphatic carbocycles. The third-order valence-electron chi connectivity index (χ3n) is 3.73. The Morgan fingerprint density at radius 1 is 1.25 bits per heavy atom. The normalized spacial score (nSPS) is 14.7. The van der Waals surface area contributed by atoms with Crippen LogP contribution in [0.1, 0.15) is 9.88 Å². The predicted octanol–water partition coefficient (Wildman–Crippen LogP) is 4.34. The molecule has 0 amide bonds. The summed E-state index contributed by atoms with van der Waals surface area (Å²) in [5.74, 6) is 0.414. The van der Waals surface area contributed by atoms with Crippen molar-refractivity contribution in [3.8, 4) is 11.3 Å². The van der Waals surface area contributed by atoms with Crippen LogP contribution >= 0.6 is 22.7 Å². The highest BCUT2D eigenvalue weighted by Crippen LogP contribution is 2.35. The Hall–Kier alpha value is -2.51. The van der Waals surface area contributed by atoms with Gasteiger partial charge in [0.15, 0.2) is 5.13 Å². The monoisotopic (exact) mass is 354 g/mol. The molecular weight excluding hydrogens is 340 g/mol. The van der Waals surface area contributed by atoms with Crippen LogP contribution in [0.3, 0.4) is 0 Å². The standard InChI is InChI=1S/C17H14N4OS2/c1-10-7-19-17(24-10)21-8-13(22)14(15(21)18)16-20-12(9-23-16)11-5-3-2-4-6-11/h2-7,9,18,22H,8H2,1H3. The van der Waals surface area contributed by atoms with Crippen molar-refractivity contribution in [1.29, 1.82) is 5.41 Å². The van der Waals surface area contributed by atoms with Crippen molar-refractivity contribution in [3.63, 3.8) is 0 Å². The molecule has 2 N–H and O–H groups in total. The van der Waals surface area contributed by atoms with Crippen molar-refractivity contribution in [2.75, 3.05) is 11.4 Å². The van der Waals surface area contributed by atoms with E-state index in [0.717, 1.165) is 21.3 Å². The summed E-state index contributed by atoms with van der Waals surface area (Å²) in [5, 5.41) is 22.1. The summed E-state index contributed by atoms with van der Waals surface area (Å²) >= 11 is 2.95. The average Bonchev–Trinajstić information content (AvgIpc) is 3.28. The molecule has 2 aromatic heterocycles. The Balaban J connectivity index is 1.66. The quantitative estimate of drug-likeness (QED) is 0.734. The van der Waals surface area contributed by atoms with Gasteiger partial charge in [0.05, 0.1) is 17.8 Å². The maximum absolute atomic E-state index is 10.4. The minimum Gasteiger partial charge on any atom is -0.510 e. The van der Waals surface area contributed by atoms with E-state index in [-0.39, 0.29) is 18.1 Å². The van der Waals surface area contributed by atoms with E-state index in [1.807, 2.05) is 42.6 Å². The topological polar surface area (TPSA) is 73.1 Å². The molecule has 0 spiro atoms. The van der Waals surface area contributed by atoms with Crippen molar-refractivity contribution in [1.82, 2.24) is 9.97 Å². The van der Waals surface area contributed by atoms with E-state index in [0.29, 0.717) is 10.6 Å². The summed E-state index contributed by atoms with van der Waals surface area (Å²) in [4.78, 5) is 11.7. The lowest BCUT2D eigenvalue weighted by Gasteiger charge is -2.14. The summed E-state index contributed by atoms with van der Waals surface area (Å²) in [6.45, 7) is 2.24. The van der Waals surface area contributed by atoms with Crippen LogP contribution in [-0.2, 0) is 0 Å². The number of hydrogen-bond acceptors (Lipinski definition) is 6. The fourth-order valence-electron chi connectivity index (χ4n) is 2.57. The summed E-state index contributed by atoms with van der Waals surface area (Å²) in [5.41, 5.74) is 2.37. The number of aryl methyl sites for hydroxylation is 1. The first kappa shape index (κ1) is 15.0. The summed E-state index contributed by atoms with van der Waals surface area (Å²) in [6, 6.07) is 9.89. The molecule has 0 saturated heterocycles. The number of aromatic nitrogens is 2. The minimum atomic E-state index is 0.168. The van der Waals surface area contributed by atoms with Gasteiger partial charge in [-0.15, -0.1) is 22.7 Å². The molecule has 3 aromatic rings. The van der Waals surface area contributed by atoms with Gasteiger partial charge in [-0.05, 0) is 6.92 Å². The van der Waals surface area contributed by atoms with Gasteiger partial charge >= 0.3 is 0 Å². The van der Waals surface area contributed by atoms with Gasteiger partial charge in [-0.25, -0.2) is 9.97 Å². The van der Waals surface area contributed by atoms with Crippen LogP contribution in [0.2, 0.25) is 0 Å². The number of nitrogens with zero attached hydrogens (tertiary/aromatic N) is 3. The molecule has 1 aliphatic rings. The number of rotatable bonds is 3. The fourth-order valence-corrected chi connectivity index (χ4v) is 4.23. The Labute approximate surface area is 147 Å². The van der Waals surface area contributed by atoms with Gasteiger partial charge in [-0.2, -0.15) is 0 Å². The van der Waals surface area contributed by atoms with E-state index in [2.05, 4.69) is 9.97 Å². The van der Waals surface area contributed by atoms with Gasteiger partial charge in [0.1, 0.15) is 16.6 Å². The lowest BCUT2D eigenvalue weighted by molar-refractivity contribution is 0.411. The number of benzene rings is 1. The Kier molecular flexibility index (Phi) is 3.66. The molecule has 24 heavy (non-hydrogen) atoms. The maximum atomic E-state index is 10.4. The van der Waals surface area contributed by atoms with E-state index in [9.17, 15) is 5.11 Å². The number of amidine groups is 1. The molecule has 0 saturated carbocycles. The van der Waals surface area contributed by atoms with E-state index in [1.165, 1.54) is 22.7 Å². The molecule has 1 aromatic carbocycles. The van der Waals surface area contributed by atoms with Crippen molar-refractivity contribution in [3.05, 3.63) is 57.6 Å². The van der Waals surface area contributed by atoms with Crippen LogP contribution in [0.25, 0.3) is 16.8 Å². The Morgan fingerprint density at radius 3 is 2.75 bits per heavy atom. The van der Waals surface area contributed by atoms with Crippen molar-refractivity contribution in [2.45, 2.75) is 6.92 Å². The van der Waals surface area contributed by atoms with Crippen LogP contribution in [0.4, 0.5) is 5.13 Å². The number of hydrogen-bond donors (Lipinski definition) is 2. The van der Waals surface area contributed by atoms with Gasteiger partial charge < -0.3 is 5.11 Å². The van der Waals surface area contributed by atoms with E-state index in [4.69, 9.17) is 5.41 Å². The van der Waals surface area contributed by atoms with Gasteiger partial charge in [-0.1, -0.05) is 30.3 Å². The van der Waals surface area contributed by atoms with Crippen LogP contribution in [0.15, 0.2) is 47.7 Å². The van der Waals surface area contributed by atoms with E-state index >= 15 is 0 Å². The second kappa shape index (κ2) is 5.85. The zero-order chi connectivity index (χ0) is 16.7. The minimum absolute atomic E-state index is 0.168. The Bertz CT molecular complexity index is 942. The van der Waals surface area contributed by atoms with Crippen molar-refractivity contribution >= 4 is 39.2 Å². The molecule has 1 aliphatic heterocycles. The third kappa shape index (κ3) is 2.51. The molecule has 0 unspecified atom stereocenters. The molecule has 0 bridgehead atoms. The van der Waals surface area contributed by atoms with Gasteiger partial charge in [0.2, 0.25) is 0 Å². The van der Waals surface area contributed by atoms with E-state index < -0.39 is 0 Å². The van der Waals surface area contributed by atoms with E-state index in [1.54, 1.807) is 11.1 Å². The Morgan fingerprint density at radius 2 is 2.04 bits per heavy atom. The van der Waals surface area contributed by atoms with Crippen LogP contribution in [0, 0.1) is 12.3 Å². The van der Waals surface area contributed by atoms with Crippen LogP contribution in [-0.4, -0.2) is 27.5 Å².